The maximum absolute atomic E-state index is 12.2. The van der Waals surface area contributed by atoms with Crippen molar-refractivity contribution < 1.29 is 14.3 Å². The van der Waals surface area contributed by atoms with E-state index in [2.05, 4.69) is 17.1 Å². The van der Waals surface area contributed by atoms with Crippen molar-refractivity contribution in [1.29, 1.82) is 0 Å². The van der Waals surface area contributed by atoms with Gasteiger partial charge >= 0.3 is 0 Å². The van der Waals surface area contributed by atoms with Crippen LogP contribution < -0.4 is 10.1 Å². The SMILES string of the molecule is C[C@@H](CCC(=O)NCc1cccc(Oc2ccccc2)c1)N1CCOCC1. The number of nitrogens with one attached hydrogen (secondary N) is 1. The number of carbonyl (C=O) groups is 1. The van der Waals surface area contributed by atoms with E-state index in [0.717, 1.165) is 49.8 Å². The lowest BCUT2D eigenvalue weighted by molar-refractivity contribution is -0.121. The minimum Gasteiger partial charge on any atom is -0.457 e. The number of hydrogen-bond acceptors (Lipinski definition) is 4. The molecule has 1 heterocycles. The van der Waals surface area contributed by atoms with Crippen molar-refractivity contribution in [2.75, 3.05) is 26.3 Å². The molecule has 5 nitrogen and oxygen atoms in total. The van der Waals surface area contributed by atoms with Gasteiger partial charge < -0.3 is 14.8 Å². The largest absolute Gasteiger partial charge is 0.457 e. The molecule has 0 aliphatic carbocycles. The molecule has 1 aliphatic rings. The molecule has 0 radical (unpaired) electrons. The summed E-state index contributed by atoms with van der Waals surface area (Å²) < 4.78 is 11.2. The average molecular weight is 368 g/mol. The van der Waals surface area contributed by atoms with E-state index in [9.17, 15) is 4.79 Å². The molecule has 2 aromatic carbocycles. The number of morpholine rings is 1. The third-order valence-electron chi connectivity index (χ3n) is 4.83. The first-order valence-electron chi connectivity index (χ1n) is 9.61. The van der Waals surface area contributed by atoms with Crippen LogP contribution in [0.4, 0.5) is 0 Å². The molecule has 0 bridgehead atoms. The van der Waals surface area contributed by atoms with Gasteiger partial charge in [-0.25, -0.2) is 0 Å². The van der Waals surface area contributed by atoms with Crippen molar-refractivity contribution >= 4 is 5.91 Å². The maximum atomic E-state index is 12.2. The zero-order valence-electron chi connectivity index (χ0n) is 15.9. The predicted octanol–water partition coefficient (Wildman–Crippen LogP) is 3.60. The second-order valence-corrected chi connectivity index (χ2v) is 6.88. The van der Waals surface area contributed by atoms with E-state index in [1.165, 1.54) is 0 Å². The van der Waals surface area contributed by atoms with E-state index in [-0.39, 0.29) is 5.91 Å². The first-order valence-corrected chi connectivity index (χ1v) is 9.61. The summed E-state index contributed by atoms with van der Waals surface area (Å²) in [5.74, 6) is 1.66. The number of ether oxygens (including phenoxy) is 2. The third kappa shape index (κ3) is 6.38. The van der Waals surface area contributed by atoms with Gasteiger partial charge in [-0.15, -0.1) is 0 Å². The fraction of sp³-hybridized carbons (Fsp3) is 0.409. The molecule has 1 aliphatic heterocycles. The highest BCUT2D eigenvalue weighted by Crippen LogP contribution is 2.21. The maximum Gasteiger partial charge on any atom is 0.220 e. The fourth-order valence-corrected chi connectivity index (χ4v) is 3.17. The summed E-state index contributed by atoms with van der Waals surface area (Å²) in [5.41, 5.74) is 1.03. The van der Waals surface area contributed by atoms with Gasteiger partial charge in [0, 0.05) is 32.1 Å². The average Bonchev–Trinajstić information content (AvgIpc) is 2.72. The van der Waals surface area contributed by atoms with E-state index in [4.69, 9.17) is 9.47 Å². The highest BCUT2D eigenvalue weighted by atomic mass is 16.5. The van der Waals surface area contributed by atoms with E-state index in [1.54, 1.807) is 0 Å². The molecule has 1 atom stereocenters. The van der Waals surface area contributed by atoms with Gasteiger partial charge in [-0.2, -0.15) is 0 Å². The van der Waals surface area contributed by atoms with Gasteiger partial charge in [0.15, 0.2) is 0 Å². The van der Waals surface area contributed by atoms with Crippen LogP contribution in [0.1, 0.15) is 25.3 Å². The molecule has 3 rings (SSSR count). The molecule has 144 valence electrons. The molecule has 1 N–H and O–H groups in total. The summed E-state index contributed by atoms with van der Waals surface area (Å²) >= 11 is 0. The van der Waals surface area contributed by atoms with Gasteiger partial charge in [0.1, 0.15) is 11.5 Å². The lowest BCUT2D eigenvalue weighted by atomic mass is 10.1. The number of hydrogen-bond donors (Lipinski definition) is 1. The Morgan fingerprint density at radius 1 is 1.11 bits per heavy atom. The van der Waals surface area contributed by atoms with Crippen LogP contribution >= 0.6 is 0 Å². The normalized spacial score (nSPS) is 15.9. The molecular formula is C22H28N2O3. The highest BCUT2D eigenvalue weighted by molar-refractivity contribution is 5.75. The summed E-state index contributed by atoms with van der Waals surface area (Å²) in [5, 5.41) is 3.01. The number of para-hydroxylation sites is 1. The van der Waals surface area contributed by atoms with Gasteiger partial charge in [-0.05, 0) is 43.2 Å². The second kappa shape index (κ2) is 10.1. The molecule has 1 amide bonds. The van der Waals surface area contributed by atoms with Crippen LogP contribution in [0.5, 0.6) is 11.5 Å². The zero-order chi connectivity index (χ0) is 18.9. The first-order chi connectivity index (χ1) is 13.2. The van der Waals surface area contributed by atoms with Gasteiger partial charge in [-0.1, -0.05) is 30.3 Å². The quantitative estimate of drug-likeness (QED) is 0.774. The van der Waals surface area contributed by atoms with Gasteiger partial charge in [-0.3, -0.25) is 9.69 Å². The predicted molar refractivity (Wildman–Crippen MR) is 106 cm³/mol. The van der Waals surface area contributed by atoms with Crippen LogP contribution in [0.15, 0.2) is 54.6 Å². The summed E-state index contributed by atoms with van der Waals surface area (Å²) in [7, 11) is 0. The number of nitrogens with zero attached hydrogens (tertiary/aromatic N) is 1. The van der Waals surface area contributed by atoms with Crippen molar-refractivity contribution in [3.8, 4) is 11.5 Å². The lowest BCUT2D eigenvalue weighted by Crippen LogP contribution is -2.42. The van der Waals surface area contributed by atoms with Crippen LogP contribution in [0.2, 0.25) is 0 Å². The van der Waals surface area contributed by atoms with E-state index >= 15 is 0 Å². The van der Waals surface area contributed by atoms with Gasteiger partial charge in [0.25, 0.3) is 0 Å². The number of benzene rings is 2. The van der Waals surface area contributed by atoms with E-state index in [1.807, 2.05) is 54.6 Å². The van der Waals surface area contributed by atoms with E-state index in [0.29, 0.717) is 19.0 Å². The van der Waals surface area contributed by atoms with Crippen LogP contribution in [-0.4, -0.2) is 43.2 Å². The molecule has 0 saturated carbocycles. The van der Waals surface area contributed by atoms with Crippen molar-refractivity contribution in [2.24, 2.45) is 0 Å². The van der Waals surface area contributed by atoms with Gasteiger partial charge in [0.05, 0.1) is 13.2 Å². The van der Waals surface area contributed by atoms with Crippen LogP contribution in [-0.2, 0) is 16.1 Å². The summed E-state index contributed by atoms with van der Waals surface area (Å²) in [6.07, 6.45) is 1.40. The Labute approximate surface area is 161 Å². The van der Waals surface area contributed by atoms with Crippen molar-refractivity contribution in [3.63, 3.8) is 0 Å². The molecule has 1 fully saturated rings. The third-order valence-corrected chi connectivity index (χ3v) is 4.83. The second-order valence-electron chi connectivity index (χ2n) is 6.88. The molecular weight excluding hydrogens is 340 g/mol. The zero-order valence-corrected chi connectivity index (χ0v) is 15.9. The van der Waals surface area contributed by atoms with Crippen molar-refractivity contribution in [2.45, 2.75) is 32.4 Å². The summed E-state index contributed by atoms with van der Waals surface area (Å²) in [6.45, 7) is 6.18. The smallest absolute Gasteiger partial charge is 0.220 e. The number of rotatable bonds is 8. The topological polar surface area (TPSA) is 50.8 Å². The molecule has 0 spiro atoms. The Morgan fingerprint density at radius 3 is 2.63 bits per heavy atom. The van der Waals surface area contributed by atoms with Crippen LogP contribution in [0, 0.1) is 0 Å². The van der Waals surface area contributed by atoms with Crippen LogP contribution in [0.3, 0.4) is 0 Å². The Kier molecular flexibility index (Phi) is 7.25. The minimum atomic E-state index is 0.0875. The molecule has 1 saturated heterocycles. The number of amides is 1. The van der Waals surface area contributed by atoms with E-state index < -0.39 is 0 Å². The van der Waals surface area contributed by atoms with Crippen molar-refractivity contribution in [3.05, 3.63) is 60.2 Å². The molecule has 0 aromatic heterocycles. The summed E-state index contributed by atoms with van der Waals surface area (Å²) in [4.78, 5) is 14.6. The molecule has 0 unspecified atom stereocenters. The Morgan fingerprint density at radius 2 is 1.85 bits per heavy atom. The first kappa shape index (κ1) is 19.4. The van der Waals surface area contributed by atoms with Crippen molar-refractivity contribution in [1.82, 2.24) is 10.2 Å². The standard InChI is InChI=1S/C22H28N2O3/c1-18(24-12-14-26-15-13-24)10-11-22(25)23-17-19-6-5-9-21(16-19)27-20-7-3-2-4-8-20/h2-9,16,18H,10-15,17H2,1H3,(H,23,25)/t18-/m0/s1. The minimum absolute atomic E-state index is 0.0875. The fourth-order valence-electron chi connectivity index (χ4n) is 3.17. The molecule has 5 heteroatoms. The monoisotopic (exact) mass is 368 g/mol. The molecule has 27 heavy (non-hydrogen) atoms. The lowest BCUT2D eigenvalue weighted by Gasteiger charge is -2.32. The summed E-state index contributed by atoms with van der Waals surface area (Å²) in [6, 6.07) is 17.9. The van der Waals surface area contributed by atoms with Crippen LogP contribution in [0.25, 0.3) is 0 Å². The van der Waals surface area contributed by atoms with Gasteiger partial charge in [0.2, 0.25) is 5.91 Å². The Bertz CT molecular complexity index is 715. The highest BCUT2D eigenvalue weighted by Gasteiger charge is 2.17. The Balaban J connectivity index is 1.42. The Hall–Kier alpha value is -2.37. The molecule has 2 aromatic rings. The number of carbonyl (C=O) groups excluding carboxylic acids is 1.